The van der Waals surface area contributed by atoms with Gasteiger partial charge < -0.3 is 10.4 Å². The normalized spacial score (nSPS) is 12.9. The largest absolute Gasteiger partial charge is 0.391 e. The number of hydrogen-bond acceptors (Lipinski definition) is 4. The second kappa shape index (κ2) is 4.71. The molecule has 1 aromatic rings. The monoisotopic (exact) mass is 198 g/mol. The Morgan fingerprint density at radius 1 is 1.71 bits per heavy atom. The Morgan fingerprint density at radius 2 is 2.43 bits per heavy atom. The van der Waals surface area contributed by atoms with Crippen LogP contribution < -0.4 is 5.32 Å². The van der Waals surface area contributed by atoms with Gasteiger partial charge in [0.1, 0.15) is 0 Å². The van der Waals surface area contributed by atoms with Gasteiger partial charge in [0.05, 0.1) is 12.3 Å². The van der Waals surface area contributed by atoms with Crippen LogP contribution in [0.3, 0.4) is 0 Å². The zero-order chi connectivity index (χ0) is 10.6. The maximum atomic E-state index is 11.3. The molecule has 6 heteroatoms. The molecular weight excluding hydrogens is 184 g/mol. The second-order valence-electron chi connectivity index (χ2n) is 3.38. The van der Waals surface area contributed by atoms with E-state index in [2.05, 4.69) is 20.7 Å². The molecule has 0 saturated heterocycles. The summed E-state index contributed by atoms with van der Waals surface area (Å²) in [4.78, 5) is 11.3. The van der Waals surface area contributed by atoms with Gasteiger partial charge in [-0.25, -0.2) is 0 Å². The molecule has 0 aliphatic rings. The fraction of sp³-hybridized carbons (Fsp3) is 0.625. The standard InChI is InChI=1S/C8H14N4O2/c1-5(2)7(13)4-9-8(14)6-3-10-12-11-6/h3,5,7,13H,4H2,1-2H3,(H,9,14)(H,10,11,12). The molecule has 1 aromatic heterocycles. The van der Waals surface area contributed by atoms with Gasteiger partial charge in [0.15, 0.2) is 5.69 Å². The van der Waals surface area contributed by atoms with E-state index < -0.39 is 6.10 Å². The molecule has 0 fully saturated rings. The molecule has 1 unspecified atom stereocenters. The highest BCUT2D eigenvalue weighted by Crippen LogP contribution is 1.99. The van der Waals surface area contributed by atoms with Crippen LogP contribution in [0, 0.1) is 5.92 Å². The van der Waals surface area contributed by atoms with Crippen LogP contribution in [0.1, 0.15) is 24.3 Å². The van der Waals surface area contributed by atoms with Gasteiger partial charge >= 0.3 is 0 Å². The van der Waals surface area contributed by atoms with Crippen molar-refractivity contribution < 1.29 is 9.90 Å². The molecule has 14 heavy (non-hydrogen) atoms. The Bertz CT molecular complexity index is 284. The third kappa shape index (κ3) is 2.81. The first-order valence-corrected chi connectivity index (χ1v) is 4.43. The summed E-state index contributed by atoms with van der Waals surface area (Å²) >= 11 is 0. The van der Waals surface area contributed by atoms with E-state index >= 15 is 0 Å². The van der Waals surface area contributed by atoms with Crippen molar-refractivity contribution in [2.75, 3.05) is 6.54 Å². The van der Waals surface area contributed by atoms with Crippen molar-refractivity contribution in [1.29, 1.82) is 0 Å². The molecule has 1 amide bonds. The van der Waals surface area contributed by atoms with Gasteiger partial charge in [-0.15, -0.1) is 0 Å². The van der Waals surface area contributed by atoms with E-state index in [1.54, 1.807) is 0 Å². The smallest absolute Gasteiger partial charge is 0.273 e. The molecule has 1 heterocycles. The van der Waals surface area contributed by atoms with Crippen LogP contribution in [0.4, 0.5) is 0 Å². The Kier molecular flexibility index (Phi) is 3.58. The zero-order valence-electron chi connectivity index (χ0n) is 8.19. The fourth-order valence-electron chi connectivity index (χ4n) is 0.835. The summed E-state index contributed by atoms with van der Waals surface area (Å²) in [7, 11) is 0. The summed E-state index contributed by atoms with van der Waals surface area (Å²) < 4.78 is 0. The number of aliphatic hydroxyl groups is 1. The lowest BCUT2D eigenvalue weighted by Crippen LogP contribution is -2.34. The molecule has 0 aliphatic heterocycles. The van der Waals surface area contributed by atoms with Crippen molar-refractivity contribution in [2.45, 2.75) is 20.0 Å². The first-order chi connectivity index (χ1) is 6.61. The van der Waals surface area contributed by atoms with Crippen LogP contribution >= 0.6 is 0 Å². The molecule has 0 aliphatic carbocycles. The number of aromatic amines is 1. The van der Waals surface area contributed by atoms with Gasteiger partial charge in [0, 0.05) is 6.54 Å². The average molecular weight is 198 g/mol. The first-order valence-electron chi connectivity index (χ1n) is 4.43. The summed E-state index contributed by atoms with van der Waals surface area (Å²) in [6.45, 7) is 3.99. The van der Waals surface area contributed by atoms with Crippen LogP contribution in [0.15, 0.2) is 6.20 Å². The first kappa shape index (κ1) is 10.6. The van der Waals surface area contributed by atoms with Gasteiger partial charge in [-0.3, -0.25) is 4.79 Å². The zero-order valence-corrected chi connectivity index (χ0v) is 8.19. The van der Waals surface area contributed by atoms with Crippen molar-refractivity contribution in [3.63, 3.8) is 0 Å². The van der Waals surface area contributed by atoms with Crippen molar-refractivity contribution in [1.82, 2.24) is 20.7 Å². The lowest BCUT2D eigenvalue weighted by Gasteiger charge is -2.14. The number of hydrogen-bond donors (Lipinski definition) is 3. The number of H-pyrrole nitrogens is 1. The van der Waals surface area contributed by atoms with Crippen LogP contribution in [0.5, 0.6) is 0 Å². The summed E-state index contributed by atoms with van der Waals surface area (Å²) in [6.07, 6.45) is 0.794. The SMILES string of the molecule is CC(C)C(O)CNC(=O)c1cn[nH]n1. The number of carbonyl (C=O) groups is 1. The van der Waals surface area contributed by atoms with Crippen molar-refractivity contribution >= 4 is 5.91 Å². The third-order valence-electron chi connectivity index (χ3n) is 1.89. The van der Waals surface area contributed by atoms with E-state index in [0.29, 0.717) is 0 Å². The molecule has 3 N–H and O–H groups in total. The average Bonchev–Trinajstić information content (AvgIpc) is 2.66. The highest BCUT2D eigenvalue weighted by atomic mass is 16.3. The van der Waals surface area contributed by atoms with Crippen molar-refractivity contribution in [3.8, 4) is 0 Å². The molecule has 0 bridgehead atoms. The number of nitrogens with zero attached hydrogens (tertiary/aromatic N) is 2. The van der Waals surface area contributed by atoms with Crippen LogP contribution in [0.2, 0.25) is 0 Å². The molecule has 6 nitrogen and oxygen atoms in total. The molecule has 0 spiro atoms. The molecule has 1 rings (SSSR count). The molecule has 0 aromatic carbocycles. The number of aromatic nitrogens is 3. The summed E-state index contributed by atoms with van der Waals surface area (Å²) in [6, 6.07) is 0. The number of amides is 1. The molecular formula is C8H14N4O2. The lowest BCUT2D eigenvalue weighted by atomic mass is 10.1. The summed E-state index contributed by atoms with van der Waals surface area (Å²) in [5.74, 6) is -0.217. The molecule has 0 saturated carbocycles. The second-order valence-corrected chi connectivity index (χ2v) is 3.38. The molecule has 78 valence electrons. The Labute approximate surface area is 81.7 Å². The van der Waals surface area contributed by atoms with E-state index in [1.165, 1.54) is 6.20 Å². The Balaban J connectivity index is 2.36. The van der Waals surface area contributed by atoms with Gasteiger partial charge in [-0.2, -0.15) is 15.4 Å². The quantitative estimate of drug-likeness (QED) is 0.611. The lowest BCUT2D eigenvalue weighted by molar-refractivity contribution is 0.0867. The minimum atomic E-state index is -0.536. The number of nitrogens with one attached hydrogen (secondary N) is 2. The minimum absolute atomic E-state index is 0.118. The van der Waals surface area contributed by atoms with E-state index in [9.17, 15) is 9.90 Å². The van der Waals surface area contributed by atoms with Gasteiger partial charge in [-0.05, 0) is 5.92 Å². The van der Waals surface area contributed by atoms with Gasteiger partial charge in [0.2, 0.25) is 0 Å². The predicted molar refractivity (Wildman–Crippen MR) is 49.6 cm³/mol. The van der Waals surface area contributed by atoms with Crippen molar-refractivity contribution in [2.24, 2.45) is 5.92 Å². The van der Waals surface area contributed by atoms with Crippen molar-refractivity contribution in [3.05, 3.63) is 11.9 Å². The fourth-order valence-corrected chi connectivity index (χ4v) is 0.835. The van der Waals surface area contributed by atoms with E-state index in [-0.39, 0.29) is 24.1 Å². The van der Waals surface area contributed by atoms with Crippen LogP contribution in [0.25, 0.3) is 0 Å². The van der Waals surface area contributed by atoms with E-state index in [4.69, 9.17) is 0 Å². The third-order valence-corrected chi connectivity index (χ3v) is 1.89. The highest BCUT2D eigenvalue weighted by Gasteiger charge is 2.12. The van der Waals surface area contributed by atoms with E-state index in [0.717, 1.165) is 0 Å². The maximum absolute atomic E-state index is 11.3. The summed E-state index contributed by atoms with van der Waals surface area (Å²) in [5.41, 5.74) is 0.223. The number of rotatable bonds is 4. The highest BCUT2D eigenvalue weighted by molar-refractivity contribution is 5.91. The van der Waals surface area contributed by atoms with Gasteiger partial charge in [0.25, 0.3) is 5.91 Å². The number of carbonyl (C=O) groups excluding carboxylic acids is 1. The number of aliphatic hydroxyl groups excluding tert-OH is 1. The Morgan fingerprint density at radius 3 is 2.93 bits per heavy atom. The Hall–Kier alpha value is -1.43. The maximum Gasteiger partial charge on any atom is 0.273 e. The van der Waals surface area contributed by atoms with Gasteiger partial charge in [-0.1, -0.05) is 13.8 Å². The topological polar surface area (TPSA) is 90.9 Å². The van der Waals surface area contributed by atoms with E-state index in [1.807, 2.05) is 13.8 Å². The molecule has 1 atom stereocenters. The molecule has 0 radical (unpaired) electrons. The van der Waals surface area contributed by atoms with Crippen LogP contribution in [-0.4, -0.2) is 39.1 Å². The minimum Gasteiger partial charge on any atom is -0.391 e. The van der Waals surface area contributed by atoms with Crippen LogP contribution in [-0.2, 0) is 0 Å². The predicted octanol–water partition coefficient (Wildman–Crippen LogP) is -0.449. The summed E-state index contributed by atoms with van der Waals surface area (Å²) in [5, 5.41) is 21.4.